The van der Waals surface area contributed by atoms with Gasteiger partial charge in [-0.3, -0.25) is 5.10 Å². The number of rotatable bonds is 4. The molecule has 1 rings (SSSR count). The van der Waals surface area contributed by atoms with E-state index in [0.717, 1.165) is 0 Å². The van der Waals surface area contributed by atoms with E-state index in [-0.39, 0.29) is 0 Å². The van der Waals surface area contributed by atoms with E-state index in [1.54, 1.807) is 13.0 Å². The third-order valence-electron chi connectivity index (χ3n) is 1.45. The van der Waals surface area contributed by atoms with Crippen LogP contribution in [0.4, 0.5) is 0 Å². The highest BCUT2D eigenvalue weighted by atomic mass is 32.2. The second kappa shape index (κ2) is 4.17. The molecule has 0 saturated heterocycles. The highest BCUT2D eigenvalue weighted by molar-refractivity contribution is 7.89. The van der Waals surface area contributed by atoms with Crippen LogP contribution in [0.25, 0.3) is 0 Å². The Balaban J connectivity index is 2.67. The van der Waals surface area contributed by atoms with Gasteiger partial charge in [0.25, 0.3) is 0 Å². The topological polar surface area (TPSA) is 112 Å². The maximum absolute atomic E-state index is 11.1. The molecule has 0 radical (unpaired) electrons. The van der Waals surface area contributed by atoms with Crippen LogP contribution in [-0.4, -0.2) is 29.4 Å². The van der Waals surface area contributed by atoms with E-state index in [0.29, 0.717) is 5.82 Å². The van der Waals surface area contributed by atoms with Crippen molar-refractivity contribution in [2.75, 3.05) is 5.75 Å². The van der Waals surface area contributed by atoms with Crippen molar-refractivity contribution in [1.82, 2.24) is 19.9 Å². The molecule has 0 saturated carbocycles. The van der Waals surface area contributed by atoms with Gasteiger partial charge in [-0.15, -0.1) is 0 Å². The largest absolute Gasteiger partial charge is 0.262 e. The smallest absolute Gasteiger partial charge is 0.225 e. The molecule has 2 N–H and O–H groups in total. The molecule has 0 aliphatic heterocycles. The number of aromatic nitrogens is 3. The Morgan fingerprint density at radius 3 is 3.00 bits per heavy atom. The molecule has 7 nitrogen and oxygen atoms in total. The number of sulfonamides is 1. The molecule has 0 bridgehead atoms. The van der Waals surface area contributed by atoms with Crippen LogP contribution in [-0.2, 0) is 10.0 Å². The van der Waals surface area contributed by atoms with E-state index in [1.807, 2.05) is 0 Å². The van der Waals surface area contributed by atoms with Gasteiger partial charge in [-0.05, 0) is 6.92 Å². The van der Waals surface area contributed by atoms with E-state index in [4.69, 9.17) is 5.26 Å². The number of H-pyrrole nitrogens is 1. The Bertz CT molecular complexity index is 418. The number of hydrogen-bond donors (Lipinski definition) is 2. The second-order valence-corrected chi connectivity index (χ2v) is 4.38. The van der Waals surface area contributed by atoms with Crippen LogP contribution < -0.4 is 4.72 Å². The van der Waals surface area contributed by atoms with Gasteiger partial charge in [-0.2, -0.15) is 10.4 Å². The predicted octanol–water partition coefficient (Wildman–Crippen LogP) is -0.691. The monoisotopic (exact) mass is 215 g/mol. The van der Waals surface area contributed by atoms with Crippen molar-refractivity contribution >= 4 is 10.0 Å². The standard InChI is InChI=1S/C6H9N5O2S/c1-5(6-8-4-9-10-6)11-14(12,13)3-2-7/h4-5,11H,3H2,1H3,(H,8,9,10). The normalized spacial score (nSPS) is 13.4. The molecule has 1 heterocycles. The van der Waals surface area contributed by atoms with Crippen LogP contribution in [0, 0.1) is 11.3 Å². The number of nitriles is 1. The zero-order valence-corrected chi connectivity index (χ0v) is 8.24. The van der Waals surface area contributed by atoms with Crippen molar-refractivity contribution in [3.8, 4) is 6.07 Å². The molecule has 76 valence electrons. The first kappa shape index (κ1) is 10.6. The lowest BCUT2D eigenvalue weighted by molar-refractivity contribution is 0.563. The van der Waals surface area contributed by atoms with Gasteiger partial charge in [0.15, 0.2) is 5.75 Å². The summed E-state index contributed by atoms with van der Waals surface area (Å²) >= 11 is 0. The van der Waals surface area contributed by atoms with Crippen molar-refractivity contribution in [2.45, 2.75) is 13.0 Å². The number of nitrogens with one attached hydrogen (secondary N) is 2. The van der Waals surface area contributed by atoms with Crippen LogP contribution >= 0.6 is 0 Å². The molecule has 0 spiro atoms. The van der Waals surface area contributed by atoms with E-state index in [2.05, 4.69) is 19.9 Å². The Morgan fingerprint density at radius 2 is 2.50 bits per heavy atom. The van der Waals surface area contributed by atoms with Crippen molar-refractivity contribution in [1.29, 1.82) is 5.26 Å². The minimum atomic E-state index is -3.56. The third-order valence-corrected chi connectivity index (χ3v) is 2.68. The van der Waals surface area contributed by atoms with E-state index in [1.165, 1.54) is 6.33 Å². The Hall–Kier alpha value is -1.46. The molecular weight excluding hydrogens is 206 g/mol. The minimum Gasteiger partial charge on any atom is -0.262 e. The third kappa shape index (κ3) is 2.79. The molecule has 8 heteroatoms. The van der Waals surface area contributed by atoms with Gasteiger partial charge in [-0.25, -0.2) is 18.1 Å². The first-order chi connectivity index (χ1) is 6.55. The summed E-state index contributed by atoms with van der Waals surface area (Å²) in [7, 11) is -3.56. The van der Waals surface area contributed by atoms with Gasteiger partial charge in [0.1, 0.15) is 12.2 Å². The summed E-state index contributed by atoms with van der Waals surface area (Å²) in [5.74, 6) is -0.155. The fourth-order valence-electron chi connectivity index (χ4n) is 0.875. The lowest BCUT2D eigenvalue weighted by Crippen LogP contribution is -2.29. The van der Waals surface area contributed by atoms with Gasteiger partial charge in [0.2, 0.25) is 10.0 Å². The number of hydrogen-bond acceptors (Lipinski definition) is 5. The molecule has 1 aromatic rings. The first-order valence-electron chi connectivity index (χ1n) is 3.77. The SMILES string of the molecule is CC(NS(=O)(=O)CC#N)c1ncn[nH]1. The maximum atomic E-state index is 11.1. The molecule has 0 fully saturated rings. The Morgan fingerprint density at radius 1 is 1.79 bits per heavy atom. The summed E-state index contributed by atoms with van der Waals surface area (Å²) in [6.45, 7) is 1.61. The average Bonchev–Trinajstić information content (AvgIpc) is 2.53. The lowest BCUT2D eigenvalue weighted by Gasteiger charge is -2.08. The summed E-state index contributed by atoms with van der Waals surface area (Å²) in [4.78, 5) is 3.78. The summed E-state index contributed by atoms with van der Waals surface area (Å²) in [5, 5.41) is 14.4. The van der Waals surface area contributed by atoms with Crippen molar-refractivity contribution < 1.29 is 8.42 Å². The fourth-order valence-corrected chi connectivity index (χ4v) is 1.78. The van der Waals surface area contributed by atoms with Gasteiger partial charge in [0.05, 0.1) is 12.1 Å². The van der Waals surface area contributed by atoms with Crippen LogP contribution in [0.2, 0.25) is 0 Å². The first-order valence-corrected chi connectivity index (χ1v) is 5.42. The number of nitrogens with zero attached hydrogens (tertiary/aromatic N) is 3. The minimum absolute atomic E-state index is 0.409. The summed E-state index contributed by atoms with van der Waals surface area (Å²) in [6, 6.07) is 1.04. The van der Waals surface area contributed by atoms with Gasteiger partial charge in [-0.1, -0.05) is 0 Å². The molecule has 0 aromatic carbocycles. The molecule has 0 aliphatic rings. The molecule has 14 heavy (non-hydrogen) atoms. The van der Waals surface area contributed by atoms with Gasteiger partial charge < -0.3 is 0 Å². The highest BCUT2D eigenvalue weighted by Crippen LogP contribution is 2.05. The Labute approximate surface area is 81.2 Å². The van der Waals surface area contributed by atoms with E-state index >= 15 is 0 Å². The van der Waals surface area contributed by atoms with Crippen LogP contribution in [0.1, 0.15) is 18.8 Å². The highest BCUT2D eigenvalue weighted by Gasteiger charge is 2.16. The molecule has 0 aliphatic carbocycles. The summed E-state index contributed by atoms with van der Waals surface area (Å²) in [6.07, 6.45) is 1.28. The Kier molecular flexibility index (Phi) is 3.16. The van der Waals surface area contributed by atoms with Crippen LogP contribution in [0.5, 0.6) is 0 Å². The fraction of sp³-hybridized carbons (Fsp3) is 0.500. The molecule has 0 amide bonds. The quantitative estimate of drug-likeness (QED) is 0.690. The molecule has 1 atom stereocenters. The summed E-state index contributed by atoms with van der Waals surface area (Å²) in [5.41, 5.74) is 0. The zero-order valence-electron chi connectivity index (χ0n) is 7.43. The second-order valence-electron chi connectivity index (χ2n) is 2.63. The molecule has 1 aromatic heterocycles. The van der Waals surface area contributed by atoms with Crippen molar-refractivity contribution in [3.63, 3.8) is 0 Å². The average molecular weight is 215 g/mol. The van der Waals surface area contributed by atoms with Gasteiger partial charge in [0, 0.05) is 0 Å². The van der Waals surface area contributed by atoms with Crippen LogP contribution in [0.3, 0.4) is 0 Å². The van der Waals surface area contributed by atoms with Crippen molar-refractivity contribution in [3.05, 3.63) is 12.2 Å². The summed E-state index contributed by atoms with van der Waals surface area (Å²) < 4.78 is 24.6. The van der Waals surface area contributed by atoms with E-state index < -0.39 is 21.8 Å². The molecule has 1 unspecified atom stereocenters. The maximum Gasteiger partial charge on any atom is 0.225 e. The van der Waals surface area contributed by atoms with E-state index in [9.17, 15) is 8.42 Å². The molecular formula is C6H9N5O2S. The lowest BCUT2D eigenvalue weighted by atomic mass is 10.3. The number of aromatic amines is 1. The van der Waals surface area contributed by atoms with Gasteiger partial charge >= 0.3 is 0 Å². The zero-order chi connectivity index (χ0) is 10.6. The predicted molar refractivity (Wildman–Crippen MR) is 47.3 cm³/mol. The van der Waals surface area contributed by atoms with Crippen LogP contribution in [0.15, 0.2) is 6.33 Å². The van der Waals surface area contributed by atoms with Crippen molar-refractivity contribution in [2.24, 2.45) is 0 Å².